The number of carbonyl (C=O) groups excluding carboxylic acids is 1. The molecule has 1 saturated carbocycles. The molecule has 0 atom stereocenters. The van der Waals surface area contributed by atoms with E-state index >= 15 is 0 Å². The second kappa shape index (κ2) is 6.61. The number of carbonyl (C=O) groups is 1. The number of thiazole rings is 1. The van der Waals surface area contributed by atoms with E-state index in [2.05, 4.69) is 29.4 Å². The van der Waals surface area contributed by atoms with Gasteiger partial charge in [0.1, 0.15) is 5.01 Å². The van der Waals surface area contributed by atoms with Crippen molar-refractivity contribution in [3.63, 3.8) is 0 Å². The molecule has 1 amide bonds. The fourth-order valence-corrected chi connectivity index (χ4v) is 4.11. The van der Waals surface area contributed by atoms with Crippen molar-refractivity contribution in [2.45, 2.75) is 46.1 Å². The van der Waals surface area contributed by atoms with Gasteiger partial charge >= 0.3 is 0 Å². The summed E-state index contributed by atoms with van der Waals surface area (Å²) in [6.07, 6.45) is 4.47. The van der Waals surface area contributed by atoms with E-state index in [4.69, 9.17) is 0 Å². The van der Waals surface area contributed by atoms with Crippen LogP contribution in [-0.4, -0.2) is 10.9 Å². The zero-order valence-corrected chi connectivity index (χ0v) is 14.0. The summed E-state index contributed by atoms with van der Waals surface area (Å²) in [6.45, 7) is 4.73. The molecule has 0 saturated heterocycles. The third-order valence-electron chi connectivity index (χ3n) is 4.42. The van der Waals surface area contributed by atoms with Crippen LogP contribution >= 0.6 is 11.3 Å². The SMILES string of the molecule is Cc1ccccc1-c1nc(C)c(CNC(=O)C2CCCC2)s1. The smallest absolute Gasteiger partial charge is 0.223 e. The number of rotatable bonds is 4. The lowest BCUT2D eigenvalue weighted by Gasteiger charge is -2.09. The fourth-order valence-electron chi connectivity index (χ4n) is 3.02. The van der Waals surface area contributed by atoms with Crippen LogP contribution in [0.15, 0.2) is 24.3 Å². The molecule has 3 rings (SSSR count). The van der Waals surface area contributed by atoms with Crippen LogP contribution in [0.25, 0.3) is 10.6 Å². The Hall–Kier alpha value is -1.68. The van der Waals surface area contributed by atoms with Crippen molar-refractivity contribution in [2.75, 3.05) is 0 Å². The Bertz CT molecular complexity index is 671. The number of hydrogen-bond acceptors (Lipinski definition) is 3. The molecule has 116 valence electrons. The maximum atomic E-state index is 12.1. The van der Waals surface area contributed by atoms with E-state index < -0.39 is 0 Å². The van der Waals surface area contributed by atoms with E-state index in [-0.39, 0.29) is 11.8 Å². The summed E-state index contributed by atoms with van der Waals surface area (Å²) in [4.78, 5) is 18.0. The third-order valence-corrected chi connectivity index (χ3v) is 5.61. The molecule has 1 aromatic heterocycles. The van der Waals surface area contributed by atoms with E-state index in [1.165, 1.54) is 24.0 Å². The predicted molar refractivity (Wildman–Crippen MR) is 90.8 cm³/mol. The number of nitrogens with zero attached hydrogens (tertiary/aromatic N) is 1. The quantitative estimate of drug-likeness (QED) is 0.917. The minimum Gasteiger partial charge on any atom is -0.351 e. The van der Waals surface area contributed by atoms with E-state index in [0.29, 0.717) is 6.54 Å². The highest BCUT2D eigenvalue weighted by molar-refractivity contribution is 7.15. The Kier molecular flexibility index (Phi) is 4.57. The maximum absolute atomic E-state index is 12.1. The average molecular weight is 314 g/mol. The van der Waals surface area contributed by atoms with Crippen LogP contribution in [0.1, 0.15) is 41.8 Å². The van der Waals surface area contributed by atoms with Gasteiger partial charge in [0.2, 0.25) is 5.91 Å². The Labute approximate surface area is 135 Å². The van der Waals surface area contributed by atoms with Crippen molar-refractivity contribution in [3.05, 3.63) is 40.4 Å². The van der Waals surface area contributed by atoms with E-state index in [0.717, 1.165) is 28.4 Å². The van der Waals surface area contributed by atoms with E-state index in [1.54, 1.807) is 11.3 Å². The topological polar surface area (TPSA) is 42.0 Å². The summed E-state index contributed by atoms with van der Waals surface area (Å²) in [7, 11) is 0. The van der Waals surface area contributed by atoms with Crippen molar-refractivity contribution in [3.8, 4) is 10.6 Å². The summed E-state index contributed by atoms with van der Waals surface area (Å²) < 4.78 is 0. The Morgan fingerprint density at radius 1 is 1.27 bits per heavy atom. The van der Waals surface area contributed by atoms with Gasteiger partial charge in [-0.1, -0.05) is 37.1 Å². The summed E-state index contributed by atoms with van der Waals surface area (Å²) in [5.74, 6) is 0.437. The minimum absolute atomic E-state index is 0.211. The molecule has 0 aliphatic heterocycles. The van der Waals surface area contributed by atoms with Gasteiger partial charge < -0.3 is 5.32 Å². The van der Waals surface area contributed by atoms with Gasteiger partial charge in [0.25, 0.3) is 0 Å². The molecule has 0 radical (unpaired) electrons. The molecule has 22 heavy (non-hydrogen) atoms. The molecule has 1 aliphatic rings. The first-order valence-electron chi connectivity index (χ1n) is 7.95. The lowest BCUT2D eigenvalue weighted by Crippen LogP contribution is -2.28. The van der Waals surface area contributed by atoms with E-state index in [9.17, 15) is 4.79 Å². The van der Waals surface area contributed by atoms with Crippen LogP contribution in [-0.2, 0) is 11.3 Å². The number of aryl methyl sites for hydroxylation is 2. The van der Waals surface area contributed by atoms with Crippen molar-refractivity contribution >= 4 is 17.2 Å². The molecule has 1 heterocycles. The van der Waals surface area contributed by atoms with Gasteiger partial charge in [-0.05, 0) is 32.3 Å². The molecule has 1 N–H and O–H groups in total. The molecule has 3 nitrogen and oxygen atoms in total. The van der Waals surface area contributed by atoms with Gasteiger partial charge in [0.15, 0.2) is 0 Å². The van der Waals surface area contributed by atoms with Crippen LogP contribution in [0, 0.1) is 19.8 Å². The number of benzene rings is 1. The first kappa shape index (κ1) is 15.2. The van der Waals surface area contributed by atoms with Crippen LogP contribution in [0.4, 0.5) is 0 Å². The van der Waals surface area contributed by atoms with Crippen LogP contribution in [0.5, 0.6) is 0 Å². The zero-order chi connectivity index (χ0) is 15.5. The number of amides is 1. The summed E-state index contributed by atoms with van der Waals surface area (Å²) in [6, 6.07) is 8.30. The van der Waals surface area contributed by atoms with Gasteiger partial charge in [-0.25, -0.2) is 4.98 Å². The molecule has 2 aromatic rings. The van der Waals surface area contributed by atoms with Crippen molar-refractivity contribution in [1.29, 1.82) is 0 Å². The second-order valence-electron chi connectivity index (χ2n) is 6.04. The normalized spacial score (nSPS) is 15.2. The van der Waals surface area contributed by atoms with Crippen LogP contribution in [0.2, 0.25) is 0 Å². The second-order valence-corrected chi connectivity index (χ2v) is 7.13. The van der Waals surface area contributed by atoms with Crippen LogP contribution < -0.4 is 5.32 Å². The summed E-state index contributed by atoms with van der Waals surface area (Å²) in [5.41, 5.74) is 3.44. The number of hydrogen-bond donors (Lipinski definition) is 1. The fraction of sp³-hybridized carbons (Fsp3) is 0.444. The molecule has 1 fully saturated rings. The van der Waals surface area contributed by atoms with Crippen molar-refractivity contribution in [1.82, 2.24) is 10.3 Å². The first-order chi connectivity index (χ1) is 10.6. The van der Waals surface area contributed by atoms with Crippen LogP contribution in [0.3, 0.4) is 0 Å². The molecular weight excluding hydrogens is 292 g/mol. The molecule has 0 unspecified atom stereocenters. The standard InChI is InChI=1S/C18H22N2OS/c1-12-7-3-6-10-15(12)18-20-13(2)16(22-18)11-19-17(21)14-8-4-5-9-14/h3,6-7,10,14H,4-5,8-9,11H2,1-2H3,(H,19,21). The zero-order valence-electron chi connectivity index (χ0n) is 13.2. The largest absolute Gasteiger partial charge is 0.351 e. The molecule has 0 bridgehead atoms. The average Bonchev–Trinajstić information content (AvgIpc) is 3.15. The highest BCUT2D eigenvalue weighted by Crippen LogP contribution is 2.30. The van der Waals surface area contributed by atoms with Gasteiger partial charge in [-0.2, -0.15) is 0 Å². The number of aromatic nitrogens is 1. The summed E-state index contributed by atoms with van der Waals surface area (Å²) >= 11 is 1.69. The van der Waals surface area contributed by atoms with Crippen molar-refractivity contribution in [2.24, 2.45) is 5.92 Å². The number of nitrogens with one attached hydrogen (secondary N) is 1. The Morgan fingerprint density at radius 2 is 2.00 bits per heavy atom. The van der Waals surface area contributed by atoms with Crippen molar-refractivity contribution < 1.29 is 4.79 Å². The minimum atomic E-state index is 0.211. The Balaban J connectivity index is 1.70. The molecule has 1 aliphatic carbocycles. The first-order valence-corrected chi connectivity index (χ1v) is 8.77. The highest BCUT2D eigenvalue weighted by atomic mass is 32.1. The lowest BCUT2D eigenvalue weighted by atomic mass is 10.1. The van der Waals surface area contributed by atoms with Gasteiger partial charge in [-0.15, -0.1) is 11.3 Å². The van der Waals surface area contributed by atoms with Gasteiger partial charge in [0.05, 0.1) is 12.2 Å². The lowest BCUT2D eigenvalue weighted by molar-refractivity contribution is -0.124. The maximum Gasteiger partial charge on any atom is 0.223 e. The highest BCUT2D eigenvalue weighted by Gasteiger charge is 2.22. The van der Waals surface area contributed by atoms with Gasteiger partial charge in [-0.3, -0.25) is 4.79 Å². The predicted octanol–water partition coefficient (Wildman–Crippen LogP) is 4.23. The molecule has 4 heteroatoms. The monoisotopic (exact) mass is 314 g/mol. The summed E-state index contributed by atoms with van der Waals surface area (Å²) in [5, 5.41) is 4.13. The van der Waals surface area contributed by atoms with E-state index in [1.807, 2.05) is 19.1 Å². The molecular formula is C18H22N2OS. The Morgan fingerprint density at radius 3 is 2.73 bits per heavy atom. The van der Waals surface area contributed by atoms with Gasteiger partial charge in [0, 0.05) is 16.4 Å². The molecule has 1 aromatic carbocycles. The third kappa shape index (κ3) is 3.22. The molecule has 0 spiro atoms.